The van der Waals surface area contributed by atoms with Gasteiger partial charge in [-0.05, 0) is 38.5 Å². The van der Waals surface area contributed by atoms with Gasteiger partial charge in [-0.25, -0.2) is 0 Å². The van der Waals surface area contributed by atoms with E-state index in [1.54, 1.807) is 0 Å². The van der Waals surface area contributed by atoms with Crippen LogP contribution < -0.4 is 4.74 Å². The Hall–Kier alpha value is -1.24. The standard InChI is InChI=1S/C14H18O/c1-5-6-11-7-8-13-12(9-11)10(2)14(3,4)15-13/h5-10H,1-4H3/b6-5+. The molecule has 1 atom stereocenters. The average Bonchev–Trinajstić information content (AvgIpc) is 2.40. The first-order valence-corrected chi connectivity index (χ1v) is 5.50. The van der Waals surface area contributed by atoms with Gasteiger partial charge < -0.3 is 4.74 Å². The summed E-state index contributed by atoms with van der Waals surface area (Å²) in [6.45, 7) is 8.56. The van der Waals surface area contributed by atoms with E-state index in [1.807, 2.05) is 6.92 Å². The Balaban J connectivity index is 2.44. The molecule has 1 heterocycles. The molecule has 1 aliphatic heterocycles. The highest BCUT2D eigenvalue weighted by molar-refractivity contribution is 5.55. The zero-order valence-electron chi connectivity index (χ0n) is 9.87. The Morgan fingerprint density at radius 3 is 2.73 bits per heavy atom. The van der Waals surface area contributed by atoms with E-state index in [0.29, 0.717) is 5.92 Å². The number of ether oxygens (including phenoxy) is 1. The molecule has 80 valence electrons. The number of allylic oxidation sites excluding steroid dienone is 1. The van der Waals surface area contributed by atoms with E-state index >= 15 is 0 Å². The van der Waals surface area contributed by atoms with E-state index in [9.17, 15) is 0 Å². The van der Waals surface area contributed by atoms with Crippen molar-refractivity contribution in [3.05, 3.63) is 35.4 Å². The SMILES string of the molecule is C/C=C/c1ccc2c(c1)C(C)C(C)(C)O2. The van der Waals surface area contributed by atoms with Crippen LogP contribution in [-0.4, -0.2) is 5.60 Å². The van der Waals surface area contributed by atoms with Crippen LogP contribution in [0, 0.1) is 0 Å². The summed E-state index contributed by atoms with van der Waals surface area (Å²) >= 11 is 0. The van der Waals surface area contributed by atoms with Crippen molar-refractivity contribution in [1.29, 1.82) is 0 Å². The number of rotatable bonds is 1. The lowest BCUT2D eigenvalue weighted by atomic mass is 9.88. The van der Waals surface area contributed by atoms with Gasteiger partial charge in [-0.15, -0.1) is 0 Å². The number of hydrogen-bond donors (Lipinski definition) is 0. The molecule has 0 bridgehead atoms. The van der Waals surface area contributed by atoms with Gasteiger partial charge >= 0.3 is 0 Å². The summed E-state index contributed by atoms with van der Waals surface area (Å²) < 4.78 is 5.92. The molecule has 0 radical (unpaired) electrons. The van der Waals surface area contributed by atoms with Gasteiger partial charge in [0.25, 0.3) is 0 Å². The van der Waals surface area contributed by atoms with E-state index in [0.717, 1.165) is 5.75 Å². The predicted molar refractivity (Wildman–Crippen MR) is 64.3 cm³/mol. The highest BCUT2D eigenvalue weighted by Gasteiger charge is 2.37. The maximum atomic E-state index is 5.92. The highest BCUT2D eigenvalue weighted by Crippen LogP contribution is 2.44. The van der Waals surface area contributed by atoms with Crippen molar-refractivity contribution >= 4 is 6.08 Å². The first-order chi connectivity index (χ1) is 7.04. The van der Waals surface area contributed by atoms with E-state index in [2.05, 4.69) is 51.1 Å². The van der Waals surface area contributed by atoms with Gasteiger partial charge in [0.15, 0.2) is 0 Å². The van der Waals surface area contributed by atoms with Crippen LogP contribution in [0.25, 0.3) is 6.08 Å². The monoisotopic (exact) mass is 202 g/mol. The molecular weight excluding hydrogens is 184 g/mol. The molecule has 0 saturated carbocycles. The first kappa shape index (κ1) is 10.3. The molecule has 0 N–H and O–H groups in total. The fourth-order valence-corrected chi connectivity index (χ4v) is 2.04. The Morgan fingerprint density at radius 1 is 1.33 bits per heavy atom. The molecule has 0 saturated heterocycles. The maximum Gasteiger partial charge on any atom is 0.123 e. The first-order valence-electron chi connectivity index (χ1n) is 5.50. The Morgan fingerprint density at radius 2 is 2.07 bits per heavy atom. The normalized spacial score (nSPS) is 22.8. The highest BCUT2D eigenvalue weighted by atomic mass is 16.5. The maximum absolute atomic E-state index is 5.92. The third kappa shape index (κ3) is 1.67. The van der Waals surface area contributed by atoms with Gasteiger partial charge in [0.05, 0.1) is 0 Å². The van der Waals surface area contributed by atoms with Crippen LogP contribution in [0.15, 0.2) is 24.3 Å². The smallest absolute Gasteiger partial charge is 0.123 e. The number of fused-ring (bicyclic) bond motifs is 1. The van der Waals surface area contributed by atoms with Crippen molar-refractivity contribution in [1.82, 2.24) is 0 Å². The van der Waals surface area contributed by atoms with Gasteiger partial charge in [-0.1, -0.05) is 25.1 Å². The van der Waals surface area contributed by atoms with Crippen LogP contribution in [-0.2, 0) is 0 Å². The predicted octanol–water partition coefficient (Wildman–Crippen LogP) is 3.99. The van der Waals surface area contributed by atoms with Crippen molar-refractivity contribution < 1.29 is 4.74 Å². The van der Waals surface area contributed by atoms with E-state index in [4.69, 9.17) is 4.74 Å². The van der Waals surface area contributed by atoms with Crippen molar-refractivity contribution in [3.8, 4) is 5.75 Å². The lowest BCUT2D eigenvalue weighted by Crippen LogP contribution is -2.28. The van der Waals surface area contributed by atoms with Crippen molar-refractivity contribution in [2.45, 2.75) is 39.2 Å². The molecule has 0 spiro atoms. The molecule has 1 heteroatoms. The van der Waals surface area contributed by atoms with Gasteiger partial charge in [0, 0.05) is 11.5 Å². The molecule has 1 nitrogen and oxygen atoms in total. The van der Waals surface area contributed by atoms with Crippen LogP contribution in [0.5, 0.6) is 5.75 Å². The fraction of sp³-hybridized carbons (Fsp3) is 0.429. The van der Waals surface area contributed by atoms with Gasteiger partial charge in [-0.2, -0.15) is 0 Å². The lowest BCUT2D eigenvalue weighted by molar-refractivity contribution is 0.116. The summed E-state index contributed by atoms with van der Waals surface area (Å²) in [5.74, 6) is 1.50. The fourth-order valence-electron chi connectivity index (χ4n) is 2.04. The van der Waals surface area contributed by atoms with Crippen LogP contribution in [0.4, 0.5) is 0 Å². The molecule has 0 fully saturated rings. The lowest BCUT2D eigenvalue weighted by Gasteiger charge is -2.22. The van der Waals surface area contributed by atoms with Gasteiger partial charge in [-0.3, -0.25) is 0 Å². The molecule has 1 aromatic carbocycles. The Bertz CT molecular complexity index is 402. The summed E-state index contributed by atoms with van der Waals surface area (Å²) in [6.07, 6.45) is 4.19. The van der Waals surface area contributed by atoms with Crippen molar-refractivity contribution in [3.63, 3.8) is 0 Å². The van der Waals surface area contributed by atoms with Crippen LogP contribution >= 0.6 is 0 Å². The second-order valence-corrected chi connectivity index (χ2v) is 4.72. The summed E-state index contributed by atoms with van der Waals surface area (Å²) in [5, 5.41) is 0. The van der Waals surface area contributed by atoms with E-state index < -0.39 is 0 Å². The average molecular weight is 202 g/mol. The second kappa shape index (κ2) is 3.41. The topological polar surface area (TPSA) is 9.23 Å². The van der Waals surface area contributed by atoms with E-state index in [-0.39, 0.29) is 5.60 Å². The minimum Gasteiger partial charge on any atom is -0.487 e. The number of benzene rings is 1. The Kier molecular flexibility index (Phi) is 2.34. The molecule has 1 unspecified atom stereocenters. The Labute approximate surface area is 91.8 Å². The summed E-state index contributed by atoms with van der Waals surface area (Å²) in [4.78, 5) is 0. The molecule has 2 rings (SSSR count). The molecular formula is C14H18O. The minimum absolute atomic E-state index is 0.0725. The summed E-state index contributed by atoms with van der Waals surface area (Å²) in [5.41, 5.74) is 2.51. The quantitative estimate of drug-likeness (QED) is 0.669. The zero-order chi connectivity index (χ0) is 11.1. The van der Waals surface area contributed by atoms with Crippen molar-refractivity contribution in [2.24, 2.45) is 0 Å². The van der Waals surface area contributed by atoms with Gasteiger partial charge in [0.2, 0.25) is 0 Å². The number of hydrogen-bond acceptors (Lipinski definition) is 1. The molecule has 1 aliphatic rings. The van der Waals surface area contributed by atoms with Crippen LogP contribution in [0.1, 0.15) is 44.7 Å². The van der Waals surface area contributed by atoms with Gasteiger partial charge in [0.1, 0.15) is 11.4 Å². The van der Waals surface area contributed by atoms with Crippen LogP contribution in [0.3, 0.4) is 0 Å². The van der Waals surface area contributed by atoms with Crippen LogP contribution in [0.2, 0.25) is 0 Å². The molecule has 0 aliphatic carbocycles. The third-order valence-electron chi connectivity index (χ3n) is 3.28. The molecule has 0 aromatic heterocycles. The largest absolute Gasteiger partial charge is 0.487 e. The minimum atomic E-state index is -0.0725. The summed E-state index contributed by atoms with van der Waals surface area (Å²) in [6, 6.07) is 6.41. The van der Waals surface area contributed by atoms with Crippen molar-refractivity contribution in [2.75, 3.05) is 0 Å². The molecule has 1 aromatic rings. The molecule has 15 heavy (non-hydrogen) atoms. The van der Waals surface area contributed by atoms with E-state index in [1.165, 1.54) is 11.1 Å². The zero-order valence-corrected chi connectivity index (χ0v) is 9.87. The second-order valence-electron chi connectivity index (χ2n) is 4.72. The summed E-state index contributed by atoms with van der Waals surface area (Å²) in [7, 11) is 0. The third-order valence-corrected chi connectivity index (χ3v) is 3.28. The molecule has 0 amide bonds.